The number of carbonyl (C=O) groups is 2. The maximum absolute atomic E-state index is 13.1. The highest BCUT2D eigenvalue weighted by atomic mass is 19.4. The van der Waals surface area contributed by atoms with Gasteiger partial charge in [-0.25, -0.2) is 4.73 Å². The summed E-state index contributed by atoms with van der Waals surface area (Å²) >= 11 is 0. The third kappa shape index (κ3) is 7.00. The average molecular weight is 481 g/mol. The van der Waals surface area contributed by atoms with Crippen LogP contribution >= 0.6 is 0 Å². The molecule has 1 unspecified atom stereocenters. The Morgan fingerprint density at radius 2 is 2.06 bits per heavy atom. The molecule has 1 N–H and O–H groups in total. The van der Waals surface area contributed by atoms with Crippen LogP contribution in [0, 0.1) is 11.1 Å². The monoisotopic (exact) mass is 481 g/mol. The van der Waals surface area contributed by atoms with Gasteiger partial charge < -0.3 is 19.6 Å². The third-order valence-corrected chi connectivity index (χ3v) is 5.40. The van der Waals surface area contributed by atoms with Gasteiger partial charge in [-0.2, -0.15) is 13.2 Å². The van der Waals surface area contributed by atoms with Crippen LogP contribution in [0.5, 0.6) is 5.75 Å². The van der Waals surface area contributed by atoms with Crippen molar-refractivity contribution in [1.82, 2.24) is 4.90 Å². The molecule has 2 heterocycles. The first kappa shape index (κ1) is 25.1. The summed E-state index contributed by atoms with van der Waals surface area (Å²) < 4.78 is 50.4. The number of alkyl halides is 3. The number of aromatic nitrogens is 1. The Morgan fingerprint density at radius 3 is 2.76 bits per heavy atom. The van der Waals surface area contributed by atoms with Crippen molar-refractivity contribution < 1.29 is 37.0 Å². The minimum absolute atomic E-state index is 0.133. The van der Waals surface area contributed by atoms with Crippen molar-refractivity contribution in [2.24, 2.45) is 5.92 Å². The topological polar surface area (TPSA) is 94.8 Å². The summed E-state index contributed by atoms with van der Waals surface area (Å²) in [5.74, 6) is -1.44. The molecule has 1 atom stereocenters. The SMILES string of the molecule is COC(=O)CC1Cc2ccc(OCCCNc3cccc[n+]3[O-])cc2CN(CC(F)(F)F)C1=O. The molecule has 1 aliphatic heterocycles. The molecule has 0 fully saturated rings. The van der Waals surface area contributed by atoms with Gasteiger partial charge in [-0.3, -0.25) is 14.9 Å². The quantitative estimate of drug-likeness (QED) is 0.256. The van der Waals surface area contributed by atoms with Gasteiger partial charge in [0, 0.05) is 19.0 Å². The number of carbonyl (C=O) groups excluding carboxylic acids is 2. The molecule has 0 aliphatic carbocycles. The summed E-state index contributed by atoms with van der Waals surface area (Å²) in [5, 5.41) is 14.6. The van der Waals surface area contributed by atoms with E-state index in [9.17, 15) is 28.0 Å². The normalized spacial score (nSPS) is 15.9. The summed E-state index contributed by atoms with van der Waals surface area (Å²) in [6.45, 7) is -0.839. The summed E-state index contributed by atoms with van der Waals surface area (Å²) in [7, 11) is 1.17. The Morgan fingerprint density at radius 1 is 1.26 bits per heavy atom. The minimum atomic E-state index is -4.57. The number of benzene rings is 1. The zero-order valence-electron chi connectivity index (χ0n) is 18.6. The van der Waals surface area contributed by atoms with E-state index in [-0.39, 0.29) is 19.4 Å². The van der Waals surface area contributed by atoms with E-state index in [2.05, 4.69) is 10.1 Å². The van der Waals surface area contributed by atoms with Crippen molar-refractivity contribution in [2.45, 2.75) is 32.0 Å². The second-order valence-electron chi connectivity index (χ2n) is 7.96. The second-order valence-corrected chi connectivity index (χ2v) is 7.96. The van der Waals surface area contributed by atoms with E-state index in [0.29, 0.717) is 42.3 Å². The molecule has 1 aromatic heterocycles. The molecule has 1 aliphatic rings. The number of fused-ring (bicyclic) bond motifs is 1. The number of pyridine rings is 1. The lowest BCUT2D eigenvalue weighted by Gasteiger charge is -2.25. The largest absolute Gasteiger partial charge is 0.711 e. The van der Waals surface area contributed by atoms with Crippen molar-refractivity contribution in [3.8, 4) is 5.75 Å². The van der Waals surface area contributed by atoms with Crippen LogP contribution in [0.25, 0.3) is 0 Å². The van der Waals surface area contributed by atoms with Crippen LogP contribution in [0.15, 0.2) is 42.6 Å². The molecule has 0 saturated heterocycles. The van der Waals surface area contributed by atoms with Crippen molar-refractivity contribution >= 4 is 17.7 Å². The Bertz CT molecular complexity index is 1020. The van der Waals surface area contributed by atoms with E-state index < -0.39 is 30.5 Å². The Kier molecular flexibility index (Phi) is 8.19. The number of nitrogens with one attached hydrogen (secondary N) is 1. The van der Waals surface area contributed by atoms with Gasteiger partial charge in [0.1, 0.15) is 12.3 Å². The van der Waals surface area contributed by atoms with Gasteiger partial charge in [0.05, 0.1) is 38.8 Å². The molecule has 8 nitrogen and oxygen atoms in total. The molecule has 184 valence electrons. The molecule has 2 aromatic rings. The number of hydrogen-bond donors (Lipinski definition) is 1. The van der Waals surface area contributed by atoms with Crippen LogP contribution in [0.1, 0.15) is 24.0 Å². The highest BCUT2D eigenvalue weighted by Crippen LogP contribution is 2.30. The fraction of sp³-hybridized carbons (Fsp3) is 0.435. The highest BCUT2D eigenvalue weighted by Gasteiger charge is 2.38. The van der Waals surface area contributed by atoms with Crippen LogP contribution in [-0.2, 0) is 27.3 Å². The molecule has 0 saturated carbocycles. The fourth-order valence-corrected chi connectivity index (χ4v) is 3.77. The number of ether oxygens (including phenoxy) is 2. The van der Waals surface area contributed by atoms with E-state index in [1.165, 1.54) is 13.3 Å². The van der Waals surface area contributed by atoms with Crippen molar-refractivity contribution in [3.63, 3.8) is 0 Å². The lowest BCUT2D eigenvalue weighted by atomic mass is 9.94. The number of halogens is 3. The van der Waals surface area contributed by atoms with Gasteiger partial charge in [-0.05, 0) is 35.7 Å². The lowest BCUT2D eigenvalue weighted by Crippen LogP contribution is -2.41. The Hall–Kier alpha value is -3.50. The molecule has 11 heteroatoms. The van der Waals surface area contributed by atoms with Gasteiger partial charge in [-0.15, -0.1) is 0 Å². The van der Waals surface area contributed by atoms with Crippen LogP contribution in [0.2, 0.25) is 0 Å². The standard InChI is InChI=1S/C23H26F3N3O5/c1-33-21(30)13-17-11-16-6-7-19(12-18(16)14-28(22(17)31)15-23(24,25)26)34-10-4-8-27-20-5-2-3-9-29(20)32/h2-3,5-7,9,12,17,27H,4,8,10-11,13-15H2,1H3. The minimum Gasteiger partial charge on any atom is -0.711 e. The lowest BCUT2D eigenvalue weighted by molar-refractivity contribution is -0.590. The van der Waals surface area contributed by atoms with Gasteiger partial charge >= 0.3 is 12.1 Å². The number of anilines is 1. The van der Waals surface area contributed by atoms with Gasteiger partial charge in [-0.1, -0.05) is 12.1 Å². The number of esters is 1. The van der Waals surface area contributed by atoms with Gasteiger partial charge in [0.25, 0.3) is 5.82 Å². The van der Waals surface area contributed by atoms with Crippen LogP contribution in [-0.4, -0.2) is 49.8 Å². The zero-order chi connectivity index (χ0) is 24.7. The van der Waals surface area contributed by atoms with Gasteiger partial charge in [0.15, 0.2) is 0 Å². The summed E-state index contributed by atoms with van der Waals surface area (Å²) in [4.78, 5) is 25.2. The van der Waals surface area contributed by atoms with Crippen molar-refractivity contribution in [1.29, 1.82) is 0 Å². The molecule has 3 rings (SSSR count). The Balaban J connectivity index is 1.65. The first-order chi connectivity index (χ1) is 16.2. The van der Waals surface area contributed by atoms with Crippen molar-refractivity contribution in [2.75, 3.05) is 32.1 Å². The van der Waals surface area contributed by atoms with Crippen LogP contribution in [0.3, 0.4) is 0 Å². The number of rotatable bonds is 9. The Labute approximate surface area is 194 Å². The van der Waals surface area contributed by atoms with E-state index in [1.807, 2.05) is 0 Å². The van der Waals surface area contributed by atoms with E-state index in [1.54, 1.807) is 36.4 Å². The number of nitrogens with zero attached hydrogens (tertiary/aromatic N) is 2. The number of amides is 1. The molecule has 0 spiro atoms. The predicted molar refractivity (Wildman–Crippen MR) is 116 cm³/mol. The molecular weight excluding hydrogens is 455 g/mol. The summed E-state index contributed by atoms with van der Waals surface area (Å²) in [5.41, 5.74) is 1.22. The van der Waals surface area contributed by atoms with Gasteiger partial charge in [0.2, 0.25) is 5.91 Å². The first-order valence-electron chi connectivity index (χ1n) is 10.8. The smallest absolute Gasteiger partial charge is 0.406 e. The van der Waals surface area contributed by atoms with E-state index in [0.717, 1.165) is 9.63 Å². The predicted octanol–water partition coefficient (Wildman–Crippen LogP) is 2.83. The van der Waals surface area contributed by atoms with E-state index >= 15 is 0 Å². The third-order valence-electron chi connectivity index (χ3n) is 5.40. The average Bonchev–Trinajstić information content (AvgIpc) is 2.90. The van der Waals surface area contributed by atoms with Crippen LogP contribution < -0.4 is 14.8 Å². The molecule has 0 bridgehead atoms. The summed E-state index contributed by atoms with van der Waals surface area (Å²) in [6, 6.07) is 10.0. The van der Waals surface area contributed by atoms with Crippen LogP contribution in [0.4, 0.5) is 19.0 Å². The first-order valence-corrected chi connectivity index (χ1v) is 10.8. The van der Waals surface area contributed by atoms with E-state index in [4.69, 9.17) is 4.74 Å². The second kappa shape index (κ2) is 11.1. The molecule has 1 aromatic carbocycles. The van der Waals surface area contributed by atoms with Crippen molar-refractivity contribution in [3.05, 3.63) is 58.9 Å². The zero-order valence-corrected chi connectivity index (χ0v) is 18.6. The fourth-order valence-electron chi connectivity index (χ4n) is 3.77. The highest BCUT2D eigenvalue weighted by molar-refractivity contribution is 5.84. The maximum atomic E-state index is 13.1. The molecule has 34 heavy (non-hydrogen) atoms. The maximum Gasteiger partial charge on any atom is 0.406 e. The number of methoxy groups -OCH3 is 1. The molecule has 1 amide bonds. The summed E-state index contributed by atoms with van der Waals surface area (Å²) in [6.07, 6.45) is -2.77. The molecular formula is C23H26F3N3O5. The number of hydrogen-bond acceptors (Lipinski definition) is 6. The molecule has 0 radical (unpaired) electrons.